The highest BCUT2D eigenvalue weighted by atomic mass is 16.7. The van der Waals surface area contributed by atoms with Gasteiger partial charge in [0, 0.05) is 16.4 Å². The smallest absolute Gasteiger partial charge is 0.335 e. The maximum absolute atomic E-state index is 12.4. The van der Waals surface area contributed by atoms with Crippen molar-refractivity contribution in [3.63, 3.8) is 0 Å². The molecule has 1 saturated heterocycles. The van der Waals surface area contributed by atoms with E-state index in [9.17, 15) is 20.1 Å². The van der Waals surface area contributed by atoms with Crippen LogP contribution in [0.4, 0.5) is 0 Å². The third-order valence-electron chi connectivity index (χ3n) is 11.7. The summed E-state index contributed by atoms with van der Waals surface area (Å²) < 4.78 is 17.2. The lowest BCUT2D eigenvalue weighted by molar-refractivity contribution is -0.279. The van der Waals surface area contributed by atoms with E-state index in [1.54, 1.807) is 13.2 Å². The van der Waals surface area contributed by atoms with Gasteiger partial charge in [-0.15, -0.1) is 0 Å². The number of allylic oxidation sites excluding steroid dienone is 1. The molecule has 1 aliphatic heterocycles. The SMILES string of the molecule is C[C@@H]1O[C@@H](O[C@@H]2C=C3CCC4C(CC[C@]5(C)[C@@H](c6ccc(=O)oc6)CC[C@]45O)[C@@]3(C)CC2)[C@H](O)[C@H](O)[C@H]1N=[N+]=[N-]. The predicted octanol–water partition coefficient (Wildman–Crippen LogP) is 4.33. The van der Waals surface area contributed by atoms with Crippen LogP contribution < -0.4 is 5.63 Å². The molecule has 0 aromatic carbocycles. The van der Waals surface area contributed by atoms with Crippen molar-refractivity contribution in [1.29, 1.82) is 0 Å². The van der Waals surface area contributed by atoms with E-state index in [-0.39, 0.29) is 34.4 Å². The number of rotatable bonds is 4. The number of hydrogen-bond donors (Lipinski definition) is 3. The lowest BCUT2D eigenvalue weighted by Crippen LogP contribution is -2.60. The van der Waals surface area contributed by atoms with Gasteiger partial charge >= 0.3 is 5.63 Å². The van der Waals surface area contributed by atoms with Gasteiger partial charge in [-0.1, -0.05) is 30.6 Å². The normalized spacial score (nSPS) is 48.2. The van der Waals surface area contributed by atoms with Crippen LogP contribution in [0.5, 0.6) is 0 Å². The summed E-state index contributed by atoms with van der Waals surface area (Å²) in [4.78, 5) is 14.3. The molecule has 4 fully saturated rings. The van der Waals surface area contributed by atoms with E-state index in [1.165, 1.54) is 11.6 Å². The van der Waals surface area contributed by atoms with Crippen LogP contribution in [0.2, 0.25) is 0 Å². The standard InChI is InChI=1S/C30H41N3O7/c1-16-24(32-33-31)25(35)26(36)27(39-16)40-19-8-11-28(2)18(14-19)5-6-22-21(28)9-12-29(3)20(10-13-30(22,29)37)17-4-7-23(34)38-15-17/h4,7,14-16,19-22,24-27,35-37H,5-6,8-13H2,1-3H3/t16-,19-,20+,21?,22?,24-,25+,26+,27-,28-,29+,30-/m0/s1. The fourth-order valence-corrected chi connectivity index (χ4v) is 9.39. The molecule has 218 valence electrons. The number of azide groups is 1. The second-order valence-corrected chi connectivity index (χ2v) is 13.3. The van der Waals surface area contributed by atoms with Gasteiger partial charge in [-0.05, 0) is 98.6 Å². The Morgan fingerprint density at radius 1 is 1.07 bits per heavy atom. The fraction of sp³-hybridized carbons (Fsp3) is 0.767. The molecule has 5 aliphatic rings. The van der Waals surface area contributed by atoms with Crippen LogP contribution in [-0.2, 0) is 9.47 Å². The zero-order chi connectivity index (χ0) is 28.4. The molecule has 10 nitrogen and oxygen atoms in total. The average molecular weight is 556 g/mol. The van der Waals surface area contributed by atoms with Gasteiger partial charge in [0.1, 0.15) is 6.10 Å². The molecular formula is C30H41N3O7. The Balaban J connectivity index is 1.19. The van der Waals surface area contributed by atoms with Crippen LogP contribution >= 0.6 is 0 Å². The summed E-state index contributed by atoms with van der Waals surface area (Å²) in [6.07, 6.45) is 6.39. The molecule has 0 spiro atoms. The topological polar surface area (TPSA) is 158 Å². The summed E-state index contributed by atoms with van der Waals surface area (Å²) in [6.45, 7) is 6.28. The minimum Gasteiger partial charge on any atom is -0.431 e. The number of hydrogen-bond acceptors (Lipinski definition) is 8. The molecule has 1 aromatic heterocycles. The van der Waals surface area contributed by atoms with E-state index >= 15 is 0 Å². The molecule has 0 amide bonds. The van der Waals surface area contributed by atoms with Crippen molar-refractivity contribution in [2.45, 2.75) is 120 Å². The molecule has 4 aliphatic carbocycles. The Morgan fingerprint density at radius 2 is 1.88 bits per heavy atom. The number of fused-ring (bicyclic) bond motifs is 5. The molecule has 1 aromatic rings. The van der Waals surface area contributed by atoms with E-state index in [0.29, 0.717) is 5.92 Å². The Hall–Kier alpha value is -2.20. The molecule has 2 heterocycles. The summed E-state index contributed by atoms with van der Waals surface area (Å²) in [5, 5.41) is 37.1. The molecule has 12 atom stereocenters. The zero-order valence-electron chi connectivity index (χ0n) is 23.5. The first-order chi connectivity index (χ1) is 19.0. The first-order valence-corrected chi connectivity index (χ1v) is 14.8. The largest absolute Gasteiger partial charge is 0.431 e. The van der Waals surface area contributed by atoms with Gasteiger partial charge < -0.3 is 29.2 Å². The second-order valence-electron chi connectivity index (χ2n) is 13.3. The Kier molecular flexibility index (Phi) is 6.96. The van der Waals surface area contributed by atoms with Crippen molar-refractivity contribution in [2.75, 3.05) is 0 Å². The first kappa shape index (κ1) is 27.9. The summed E-state index contributed by atoms with van der Waals surface area (Å²) in [6, 6.07) is 2.48. The van der Waals surface area contributed by atoms with Crippen molar-refractivity contribution in [2.24, 2.45) is 27.8 Å². The second kappa shape index (κ2) is 9.96. The number of aliphatic hydroxyl groups is 3. The summed E-state index contributed by atoms with van der Waals surface area (Å²) in [5.41, 5.74) is 9.71. The lowest BCUT2D eigenvalue weighted by Gasteiger charge is -2.62. The zero-order valence-corrected chi connectivity index (χ0v) is 23.5. The van der Waals surface area contributed by atoms with Crippen LogP contribution in [0.1, 0.15) is 83.6 Å². The van der Waals surface area contributed by atoms with Crippen molar-refractivity contribution in [3.8, 4) is 0 Å². The number of aliphatic hydroxyl groups excluding tert-OH is 2. The lowest BCUT2D eigenvalue weighted by atomic mass is 9.45. The van der Waals surface area contributed by atoms with Crippen molar-refractivity contribution < 1.29 is 29.2 Å². The van der Waals surface area contributed by atoms with Gasteiger partial charge in [0.2, 0.25) is 0 Å². The van der Waals surface area contributed by atoms with Crippen molar-refractivity contribution in [3.05, 3.63) is 56.5 Å². The molecule has 40 heavy (non-hydrogen) atoms. The van der Waals surface area contributed by atoms with E-state index in [4.69, 9.17) is 19.4 Å². The molecule has 10 heteroatoms. The molecular weight excluding hydrogens is 514 g/mol. The van der Waals surface area contributed by atoms with Gasteiger partial charge in [0.25, 0.3) is 0 Å². The average Bonchev–Trinajstić information content (AvgIpc) is 3.21. The summed E-state index contributed by atoms with van der Waals surface area (Å²) in [5.74, 6) is 0.723. The van der Waals surface area contributed by atoms with Crippen LogP contribution in [0, 0.1) is 22.7 Å². The third-order valence-corrected chi connectivity index (χ3v) is 11.7. The monoisotopic (exact) mass is 555 g/mol. The third kappa shape index (κ3) is 4.10. The van der Waals surface area contributed by atoms with Gasteiger partial charge in [0.05, 0.1) is 36.2 Å². The molecule has 3 saturated carbocycles. The maximum atomic E-state index is 12.4. The van der Waals surface area contributed by atoms with Crippen LogP contribution in [-0.4, -0.2) is 57.7 Å². The Bertz CT molecular complexity index is 1260. The van der Waals surface area contributed by atoms with E-state index < -0.39 is 36.2 Å². The summed E-state index contributed by atoms with van der Waals surface area (Å²) in [7, 11) is 0. The minimum atomic E-state index is -1.31. The Morgan fingerprint density at radius 3 is 2.60 bits per heavy atom. The summed E-state index contributed by atoms with van der Waals surface area (Å²) >= 11 is 0. The highest BCUT2D eigenvalue weighted by Gasteiger charge is 2.66. The predicted molar refractivity (Wildman–Crippen MR) is 145 cm³/mol. The van der Waals surface area contributed by atoms with Crippen LogP contribution in [0.25, 0.3) is 10.4 Å². The molecule has 0 bridgehead atoms. The van der Waals surface area contributed by atoms with Crippen LogP contribution in [0.3, 0.4) is 0 Å². The quantitative estimate of drug-likeness (QED) is 0.216. The highest BCUT2D eigenvalue weighted by Crippen LogP contribution is 2.70. The van der Waals surface area contributed by atoms with Gasteiger partial charge in [-0.25, -0.2) is 4.79 Å². The number of nitrogens with zero attached hydrogens (tertiary/aromatic N) is 3. The van der Waals surface area contributed by atoms with Gasteiger partial charge in [-0.2, -0.15) is 0 Å². The molecule has 0 radical (unpaired) electrons. The van der Waals surface area contributed by atoms with E-state index in [0.717, 1.165) is 56.9 Å². The van der Waals surface area contributed by atoms with Crippen molar-refractivity contribution in [1.82, 2.24) is 0 Å². The highest BCUT2D eigenvalue weighted by molar-refractivity contribution is 5.31. The maximum Gasteiger partial charge on any atom is 0.335 e. The molecule has 2 unspecified atom stereocenters. The molecule has 6 rings (SSSR count). The molecule has 3 N–H and O–H groups in total. The van der Waals surface area contributed by atoms with Gasteiger partial charge in [0.15, 0.2) is 6.29 Å². The minimum absolute atomic E-state index is 0.0388. The van der Waals surface area contributed by atoms with E-state index in [2.05, 4.69) is 29.9 Å². The van der Waals surface area contributed by atoms with Gasteiger partial charge in [-0.3, -0.25) is 0 Å². The fourth-order valence-electron chi connectivity index (χ4n) is 9.39. The number of ether oxygens (including phenoxy) is 2. The van der Waals surface area contributed by atoms with Crippen molar-refractivity contribution >= 4 is 0 Å². The first-order valence-electron chi connectivity index (χ1n) is 14.8. The van der Waals surface area contributed by atoms with Crippen LogP contribution in [0.15, 0.2) is 44.4 Å². The Labute approximate surface area is 234 Å². The van der Waals surface area contributed by atoms with E-state index in [1.807, 2.05) is 6.07 Å².